The second-order valence-electron chi connectivity index (χ2n) is 21.7. The van der Waals surface area contributed by atoms with E-state index in [0.717, 1.165) is 0 Å². The highest BCUT2D eigenvalue weighted by Crippen LogP contribution is 2.64. The molecule has 12 bridgehead atoms. The van der Waals surface area contributed by atoms with Crippen LogP contribution in [0.1, 0.15) is 0 Å². The van der Waals surface area contributed by atoms with E-state index in [1.807, 2.05) is 0 Å². The normalized spacial score (nSPS) is 42.7. The molecule has 370 valence electrons. The highest BCUT2D eigenvalue weighted by Gasteiger charge is 2.91. The van der Waals surface area contributed by atoms with Crippen LogP contribution in [0.3, 0.4) is 0 Å². The SMILES string of the molecule is O=C1N2CN3C(=O)N4CN5C(=O)N6CN7C(=O)N8CN9C(=O)N%10CN%11C(=O)N%12CN1C1C2N2CN%13C(=O)N(CN%14C(=O)N(CN%15C(=O)N(C%16C8C%167%15)N7C(=O)N(CN8C(=O)N(CN1C2=O)C%12C%118)C%10C97)C6C5%14)C4C3%13. The van der Waals surface area contributed by atoms with Gasteiger partial charge in [0.2, 0.25) is 0 Å². The third kappa shape index (κ3) is 3.07. The molecule has 1 spiro atoms. The summed E-state index contributed by atoms with van der Waals surface area (Å²) in [6, 6.07) is -10.0. The van der Waals surface area contributed by atoms with Crippen LogP contribution < -0.4 is 0 Å². The molecule has 1 aliphatic carbocycles. The number of urea groups is 12. The predicted octanol–water partition coefficient (Wildman–Crippen LogP) is -5.91. The lowest BCUT2D eigenvalue weighted by atomic mass is 10.3. The lowest BCUT2D eigenvalue weighted by molar-refractivity contribution is -0.0472. The molecule has 19 heterocycles. The summed E-state index contributed by atoms with van der Waals surface area (Å²) in [5, 5.41) is 2.42. The van der Waals surface area contributed by atoms with Gasteiger partial charge in [-0.2, -0.15) is 0 Å². The average Bonchev–Trinajstić information content (AvgIpc) is 4.10. The molecule has 19 saturated heterocycles. The average molecular weight is 995 g/mol. The van der Waals surface area contributed by atoms with E-state index in [-0.39, 0.29) is 6.67 Å². The third-order valence-corrected chi connectivity index (χ3v) is 19.5. The fourth-order valence-corrected chi connectivity index (χ4v) is 16.8. The molecule has 20 fully saturated rings. The van der Waals surface area contributed by atoms with Crippen molar-refractivity contribution in [3.8, 4) is 0 Å². The monoisotopic (exact) mass is 994 g/mol. The number of rotatable bonds is 0. The summed E-state index contributed by atoms with van der Waals surface area (Å²) in [5.41, 5.74) is -1.56. The van der Waals surface area contributed by atoms with E-state index in [2.05, 4.69) is 0 Å². The quantitative estimate of drug-likeness (QED) is 0.220. The minimum Gasteiger partial charge on any atom is -0.297 e. The minimum atomic E-state index is -1.56. The molecule has 0 aromatic rings. The topological polar surface area (TPSA) is 283 Å². The van der Waals surface area contributed by atoms with Crippen LogP contribution in [0.5, 0.6) is 0 Å². The van der Waals surface area contributed by atoms with Crippen LogP contribution in [-0.4, -0.2) is 343 Å². The Bertz CT molecular complexity index is 3060. The van der Waals surface area contributed by atoms with Crippen LogP contribution in [0, 0.1) is 0 Å². The van der Waals surface area contributed by atoms with Gasteiger partial charge in [-0.05, 0) is 0 Å². The Labute approximate surface area is 400 Å². The summed E-state index contributed by atoms with van der Waals surface area (Å²) < 4.78 is 0. The Morgan fingerprint density at radius 3 is 0.736 bits per heavy atom. The fourth-order valence-electron chi connectivity index (χ4n) is 16.8. The Morgan fingerprint density at radius 2 is 0.431 bits per heavy atom. The van der Waals surface area contributed by atoms with E-state index in [9.17, 15) is 0 Å². The third-order valence-electron chi connectivity index (χ3n) is 19.5. The van der Waals surface area contributed by atoms with Crippen LogP contribution in [0.4, 0.5) is 57.5 Å². The molecule has 19 aliphatic heterocycles. The standard InChI is InChI=1S/C36H34N24O12/c61-24-38-2-41-16-17-46(26(41)63)6-49-20-21-55(31(49)68)10-57-33(70)37-1-54-23-22-52(30(54)67)8-48-19-18-44(28(48)65)4-40(24)15-14(38)39-3-42(16)27(64)47(17)7-50(20)32(69)56(21)11-58-35(72)59(13-12(37)36(13,57)58)60(23)34(71)53(22)9-51(19)29(66)45(18)5-43(15)25(39)62/h12-23H,1-11H2. The highest BCUT2D eigenvalue weighted by molar-refractivity contribution is 5.97. The number of carbonyl (C=O) groups is 12. The van der Waals surface area contributed by atoms with Crippen molar-refractivity contribution < 1.29 is 57.5 Å². The first-order chi connectivity index (χ1) is 34.7. The first-order valence-electron chi connectivity index (χ1n) is 23.7. The molecule has 36 heteroatoms. The second kappa shape index (κ2) is 10.1. The molecular formula is C36H34N24O12. The Hall–Kier alpha value is -8.76. The summed E-state index contributed by atoms with van der Waals surface area (Å²) in [6.07, 6.45) is -11.9. The Morgan fingerprint density at radius 1 is 0.208 bits per heavy atom. The van der Waals surface area contributed by atoms with Gasteiger partial charge in [-0.3, -0.25) is 108 Å². The fraction of sp³-hybridized carbons (Fsp3) is 0.667. The summed E-state index contributed by atoms with van der Waals surface area (Å²) in [4.78, 5) is 212. The van der Waals surface area contributed by atoms with Gasteiger partial charge in [0.1, 0.15) is 85.4 Å². The van der Waals surface area contributed by atoms with Gasteiger partial charge in [-0.25, -0.2) is 67.6 Å². The van der Waals surface area contributed by atoms with E-state index in [1.54, 1.807) is 0 Å². The maximum absolute atomic E-state index is 15.5. The molecule has 1 saturated carbocycles. The van der Waals surface area contributed by atoms with Gasteiger partial charge in [0, 0.05) is 0 Å². The molecule has 0 aromatic carbocycles. The highest BCUT2D eigenvalue weighted by atomic mass is 16.3. The molecule has 13 atom stereocenters. The molecule has 20 aliphatic rings. The smallest absolute Gasteiger partial charge is 0.297 e. The molecule has 20 rings (SSSR count). The zero-order valence-corrected chi connectivity index (χ0v) is 36.8. The van der Waals surface area contributed by atoms with Gasteiger partial charge in [-0.15, -0.1) is 0 Å². The molecule has 0 radical (unpaired) electrons. The van der Waals surface area contributed by atoms with E-state index in [4.69, 9.17) is 0 Å². The van der Waals surface area contributed by atoms with E-state index in [1.165, 1.54) is 118 Å². The molecule has 0 N–H and O–H groups in total. The molecule has 72 heavy (non-hydrogen) atoms. The zero-order valence-electron chi connectivity index (χ0n) is 36.8. The van der Waals surface area contributed by atoms with Gasteiger partial charge in [0.25, 0.3) is 0 Å². The number of nitrogens with zero attached hydrogens (tertiary/aromatic N) is 24. The predicted molar refractivity (Wildman–Crippen MR) is 211 cm³/mol. The van der Waals surface area contributed by atoms with Gasteiger partial charge >= 0.3 is 72.4 Å². The molecule has 0 aromatic heterocycles. The van der Waals surface area contributed by atoms with Crippen LogP contribution in [0.25, 0.3) is 0 Å². The number of hydrogen-bond acceptors (Lipinski definition) is 12. The van der Waals surface area contributed by atoms with Crippen LogP contribution in [-0.2, 0) is 0 Å². The van der Waals surface area contributed by atoms with Gasteiger partial charge in [-0.1, -0.05) is 0 Å². The Kier molecular flexibility index (Phi) is 5.07. The molecule has 24 amide bonds. The van der Waals surface area contributed by atoms with Crippen LogP contribution in [0.15, 0.2) is 0 Å². The lowest BCUT2D eigenvalue weighted by Gasteiger charge is -2.43. The number of hydrazine groups is 1. The summed E-state index contributed by atoms with van der Waals surface area (Å²) in [7, 11) is 0. The van der Waals surface area contributed by atoms with Crippen molar-refractivity contribution in [2.24, 2.45) is 0 Å². The summed E-state index contributed by atoms with van der Waals surface area (Å²) >= 11 is 0. The van der Waals surface area contributed by atoms with Crippen molar-refractivity contribution in [2.45, 2.75) is 79.4 Å². The van der Waals surface area contributed by atoms with Crippen molar-refractivity contribution >= 4 is 72.4 Å². The van der Waals surface area contributed by atoms with Gasteiger partial charge < -0.3 is 0 Å². The van der Waals surface area contributed by atoms with E-state index < -0.39 is 218 Å². The summed E-state index contributed by atoms with van der Waals surface area (Å²) in [6.45, 7) is -5.09. The largest absolute Gasteiger partial charge is 0.344 e. The van der Waals surface area contributed by atoms with Crippen LogP contribution >= 0.6 is 0 Å². The second-order valence-corrected chi connectivity index (χ2v) is 21.7. The number of hydrogen-bond donors (Lipinski definition) is 0. The maximum Gasteiger partial charge on any atom is 0.344 e. The maximum atomic E-state index is 15.5. The van der Waals surface area contributed by atoms with Crippen molar-refractivity contribution in [1.82, 2.24) is 118 Å². The summed E-state index contributed by atoms with van der Waals surface area (Å²) in [5.74, 6) is 0. The van der Waals surface area contributed by atoms with Crippen molar-refractivity contribution in [2.75, 3.05) is 73.4 Å². The van der Waals surface area contributed by atoms with E-state index in [0.29, 0.717) is 0 Å². The van der Waals surface area contributed by atoms with Gasteiger partial charge in [0.15, 0.2) is 67.3 Å². The van der Waals surface area contributed by atoms with Gasteiger partial charge in [0.05, 0.1) is 0 Å². The Balaban J connectivity index is 0.827. The molecule has 13 unspecified atom stereocenters. The van der Waals surface area contributed by atoms with Crippen LogP contribution in [0.2, 0.25) is 0 Å². The van der Waals surface area contributed by atoms with Crippen molar-refractivity contribution in [1.29, 1.82) is 0 Å². The first-order valence-corrected chi connectivity index (χ1v) is 23.7. The van der Waals surface area contributed by atoms with Crippen molar-refractivity contribution in [3.63, 3.8) is 0 Å². The molecule has 36 nitrogen and oxygen atoms in total. The van der Waals surface area contributed by atoms with E-state index >= 15 is 57.5 Å². The molecular weight excluding hydrogens is 961 g/mol. The number of carbonyl (C=O) groups excluding carboxylic acids is 12. The number of amides is 24. The lowest BCUT2D eigenvalue weighted by Crippen LogP contribution is -2.65. The first kappa shape index (κ1) is 36.2. The van der Waals surface area contributed by atoms with Crippen molar-refractivity contribution in [3.05, 3.63) is 0 Å². The minimum absolute atomic E-state index is 0.388. The zero-order chi connectivity index (χ0) is 48.0.